The standard InChI is InChI=1S/C19H24N4O3/c1-4-26-19(25)14-5-7-16(8-6-14)22-17-13-15(9-10-20-17)18(24)21-11-12-23(2)3/h5-10,13H,4,11-12H2,1-3H3,(H,20,22)(H,21,24). The predicted octanol–water partition coefficient (Wildman–Crippen LogP) is 2.29. The fraction of sp³-hybridized carbons (Fsp3) is 0.316. The number of hydrogen-bond donors (Lipinski definition) is 2. The van der Waals surface area contributed by atoms with Crippen molar-refractivity contribution in [1.82, 2.24) is 15.2 Å². The molecule has 0 saturated heterocycles. The fourth-order valence-electron chi connectivity index (χ4n) is 2.19. The fourth-order valence-corrected chi connectivity index (χ4v) is 2.19. The van der Waals surface area contributed by atoms with Crippen LogP contribution in [0.5, 0.6) is 0 Å². The molecule has 1 aromatic carbocycles. The number of rotatable bonds is 8. The van der Waals surface area contributed by atoms with Crippen molar-refractivity contribution in [3.63, 3.8) is 0 Å². The predicted molar refractivity (Wildman–Crippen MR) is 101 cm³/mol. The number of pyridine rings is 1. The number of likely N-dealkylation sites (N-methyl/N-ethyl adjacent to an activating group) is 1. The SMILES string of the molecule is CCOC(=O)c1ccc(Nc2cc(C(=O)NCCN(C)C)ccn2)cc1. The lowest BCUT2D eigenvalue weighted by Crippen LogP contribution is -2.31. The Kier molecular flexibility index (Phi) is 7.11. The molecule has 0 radical (unpaired) electrons. The molecular weight excluding hydrogens is 332 g/mol. The first-order valence-corrected chi connectivity index (χ1v) is 8.42. The lowest BCUT2D eigenvalue weighted by atomic mass is 10.2. The van der Waals surface area contributed by atoms with Crippen LogP contribution in [-0.4, -0.2) is 55.6 Å². The molecule has 0 aliphatic heterocycles. The number of carbonyl (C=O) groups is 2. The van der Waals surface area contributed by atoms with Gasteiger partial charge in [-0.1, -0.05) is 0 Å². The van der Waals surface area contributed by atoms with E-state index in [1.54, 1.807) is 49.5 Å². The molecule has 0 aliphatic rings. The molecule has 7 heteroatoms. The molecule has 2 aromatic rings. The van der Waals surface area contributed by atoms with Crippen LogP contribution in [0.15, 0.2) is 42.6 Å². The van der Waals surface area contributed by atoms with Crippen LogP contribution in [-0.2, 0) is 4.74 Å². The van der Waals surface area contributed by atoms with E-state index in [-0.39, 0.29) is 11.9 Å². The number of benzene rings is 1. The number of esters is 1. The van der Waals surface area contributed by atoms with Gasteiger partial charge in [-0.05, 0) is 57.4 Å². The minimum Gasteiger partial charge on any atom is -0.462 e. The van der Waals surface area contributed by atoms with E-state index in [1.807, 2.05) is 19.0 Å². The van der Waals surface area contributed by atoms with E-state index in [0.29, 0.717) is 30.1 Å². The molecule has 1 aromatic heterocycles. The summed E-state index contributed by atoms with van der Waals surface area (Å²) in [6, 6.07) is 10.2. The molecule has 0 bridgehead atoms. The van der Waals surface area contributed by atoms with Crippen LogP contribution >= 0.6 is 0 Å². The Morgan fingerprint density at radius 3 is 2.50 bits per heavy atom. The van der Waals surface area contributed by atoms with Gasteiger partial charge >= 0.3 is 5.97 Å². The van der Waals surface area contributed by atoms with Crippen LogP contribution in [0.2, 0.25) is 0 Å². The van der Waals surface area contributed by atoms with Crippen molar-refractivity contribution in [2.45, 2.75) is 6.92 Å². The van der Waals surface area contributed by atoms with Gasteiger partial charge in [0.05, 0.1) is 12.2 Å². The second kappa shape index (κ2) is 9.53. The van der Waals surface area contributed by atoms with Gasteiger partial charge in [0, 0.05) is 30.5 Å². The van der Waals surface area contributed by atoms with Crippen LogP contribution in [0.1, 0.15) is 27.6 Å². The maximum absolute atomic E-state index is 12.2. The molecule has 0 spiro atoms. The largest absolute Gasteiger partial charge is 0.462 e. The van der Waals surface area contributed by atoms with Gasteiger partial charge in [-0.2, -0.15) is 0 Å². The van der Waals surface area contributed by atoms with E-state index in [4.69, 9.17) is 4.74 Å². The van der Waals surface area contributed by atoms with Crippen molar-refractivity contribution >= 4 is 23.4 Å². The number of aromatic nitrogens is 1. The molecule has 0 unspecified atom stereocenters. The topological polar surface area (TPSA) is 83.6 Å². The number of carbonyl (C=O) groups excluding carboxylic acids is 2. The molecule has 0 fully saturated rings. The first-order valence-electron chi connectivity index (χ1n) is 8.42. The van der Waals surface area contributed by atoms with Gasteiger partial charge < -0.3 is 20.3 Å². The molecule has 7 nitrogen and oxygen atoms in total. The number of amides is 1. The van der Waals surface area contributed by atoms with Crippen LogP contribution in [0.25, 0.3) is 0 Å². The van der Waals surface area contributed by atoms with E-state index < -0.39 is 0 Å². The van der Waals surface area contributed by atoms with Crippen LogP contribution in [0.3, 0.4) is 0 Å². The minimum atomic E-state index is -0.353. The summed E-state index contributed by atoms with van der Waals surface area (Å²) in [5.74, 6) is 0.0534. The average molecular weight is 356 g/mol. The van der Waals surface area contributed by atoms with E-state index in [0.717, 1.165) is 12.2 Å². The molecule has 1 heterocycles. The molecule has 1 amide bonds. The van der Waals surface area contributed by atoms with Crippen molar-refractivity contribution in [2.75, 3.05) is 39.1 Å². The quantitative estimate of drug-likeness (QED) is 0.706. The second-order valence-electron chi connectivity index (χ2n) is 5.91. The Balaban J connectivity index is 1.99. The lowest BCUT2D eigenvalue weighted by Gasteiger charge is -2.11. The van der Waals surface area contributed by atoms with Crippen LogP contribution < -0.4 is 10.6 Å². The molecule has 2 rings (SSSR count). The summed E-state index contributed by atoms with van der Waals surface area (Å²) in [6.07, 6.45) is 1.58. The number of anilines is 2. The van der Waals surface area contributed by atoms with Gasteiger partial charge in [0.15, 0.2) is 0 Å². The van der Waals surface area contributed by atoms with E-state index in [1.165, 1.54) is 0 Å². The van der Waals surface area contributed by atoms with Crippen molar-refractivity contribution in [3.8, 4) is 0 Å². The highest BCUT2D eigenvalue weighted by Crippen LogP contribution is 2.16. The van der Waals surface area contributed by atoms with Crippen molar-refractivity contribution in [3.05, 3.63) is 53.7 Å². The van der Waals surface area contributed by atoms with Gasteiger partial charge in [-0.3, -0.25) is 4.79 Å². The summed E-state index contributed by atoms with van der Waals surface area (Å²) >= 11 is 0. The Labute approximate surface area is 153 Å². The summed E-state index contributed by atoms with van der Waals surface area (Å²) in [7, 11) is 3.90. The van der Waals surface area contributed by atoms with Gasteiger partial charge in [-0.25, -0.2) is 9.78 Å². The van der Waals surface area contributed by atoms with E-state index >= 15 is 0 Å². The second-order valence-corrected chi connectivity index (χ2v) is 5.91. The normalized spacial score (nSPS) is 10.5. The number of nitrogens with one attached hydrogen (secondary N) is 2. The summed E-state index contributed by atoms with van der Waals surface area (Å²) in [5, 5.41) is 5.99. The Morgan fingerprint density at radius 1 is 1.12 bits per heavy atom. The van der Waals surface area contributed by atoms with E-state index in [2.05, 4.69) is 15.6 Å². The van der Waals surface area contributed by atoms with E-state index in [9.17, 15) is 9.59 Å². The Morgan fingerprint density at radius 2 is 1.85 bits per heavy atom. The third kappa shape index (κ3) is 5.86. The van der Waals surface area contributed by atoms with Gasteiger partial charge in [0.1, 0.15) is 5.82 Å². The maximum Gasteiger partial charge on any atom is 0.338 e. The summed E-state index contributed by atoms with van der Waals surface area (Å²) in [5.41, 5.74) is 1.78. The van der Waals surface area contributed by atoms with Gasteiger partial charge in [0.2, 0.25) is 0 Å². The zero-order valence-corrected chi connectivity index (χ0v) is 15.3. The smallest absolute Gasteiger partial charge is 0.338 e. The monoisotopic (exact) mass is 356 g/mol. The molecule has 0 saturated carbocycles. The highest BCUT2D eigenvalue weighted by atomic mass is 16.5. The lowest BCUT2D eigenvalue weighted by molar-refractivity contribution is 0.0526. The summed E-state index contributed by atoms with van der Waals surface area (Å²) < 4.78 is 4.96. The average Bonchev–Trinajstić information content (AvgIpc) is 2.62. The molecule has 2 N–H and O–H groups in total. The number of ether oxygens (including phenoxy) is 1. The maximum atomic E-state index is 12.2. The van der Waals surface area contributed by atoms with Gasteiger partial charge in [-0.15, -0.1) is 0 Å². The molecular formula is C19H24N4O3. The van der Waals surface area contributed by atoms with Crippen LogP contribution in [0.4, 0.5) is 11.5 Å². The van der Waals surface area contributed by atoms with Crippen molar-refractivity contribution in [2.24, 2.45) is 0 Å². The molecule has 26 heavy (non-hydrogen) atoms. The number of nitrogens with zero attached hydrogens (tertiary/aromatic N) is 2. The van der Waals surface area contributed by atoms with Gasteiger partial charge in [0.25, 0.3) is 5.91 Å². The third-order valence-corrected chi connectivity index (χ3v) is 3.54. The number of hydrogen-bond acceptors (Lipinski definition) is 6. The Hall–Kier alpha value is -2.93. The van der Waals surface area contributed by atoms with Crippen molar-refractivity contribution < 1.29 is 14.3 Å². The van der Waals surface area contributed by atoms with Crippen molar-refractivity contribution in [1.29, 1.82) is 0 Å². The molecule has 138 valence electrons. The Bertz CT molecular complexity index is 745. The third-order valence-electron chi connectivity index (χ3n) is 3.54. The zero-order chi connectivity index (χ0) is 18.9. The highest BCUT2D eigenvalue weighted by Gasteiger charge is 2.08. The molecule has 0 atom stereocenters. The first-order chi connectivity index (χ1) is 12.5. The first kappa shape index (κ1) is 19.4. The zero-order valence-electron chi connectivity index (χ0n) is 15.3. The summed E-state index contributed by atoms with van der Waals surface area (Å²) in [4.78, 5) is 30.1. The summed E-state index contributed by atoms with van der Waals surface area (Å²) in [6.45, 7) is 3.45. The minimum absolute atomic E-state index is 0.144. The van der Waals surface area contributed by atoms with Crippen LogP contribution in [0, 0.1) is 0 Å². The molecule has 0 aliphatic carbocycles. The highest BCUT2D eigenvalue weighted by molar-refractivity contribution is 5.95.